The summed E-state index contributed by atoms with van der Waals surface area (Å²) >= 11 is 0. The highest BCUT2D eigenvalue weighted by atomic mass is 16.4. The van der Waals surface area contributed by atoms with E-state index in [4.69, 9.17) is 4.42 Å². The van der Waals surface area contributed by atoms with Gasteiger partial charge in [-0.3, -0.25) is 4.79 Å². The van der Waals surface area contributed by atoms with Gasteiger partial charge in [-0.2, -0.15) is 0 Å². The summed E-state index contributed by atoms with van der Waals surface area (Å²) in [6.45, 7) is 7.16. The molecule has 1 aromatic heterocycles. The smallest absolute Gasteiger partial charge is 0.247 e. The zero-order chi connectivity index (χ0) is 12.4. The number of oxazole rings is 1. The van der Waals surface area contributed by atoms with E-state index in [1.165, 1.54) is 5.57 Å². The lowest BCUT2D eigenvalue weighted by atomic mass is 10.0. The molecule has 1 unspecified atom stereocenters. The quantitative estimate of drug-likeness (QED) is 0.769. The number of hydrogen-bond acceptors (Lipinski definition) is 4. The van der Waals surface area contributed by atoms with Crippen LogP contribution in [-0.4, -0.2) is 24.0 Å². The van der Waals surface area contributed by atoms with Crippen LogP contribution < -0.4 is 10.6 Å². The van der Waals surface area contributed by atoms with E-state index in [0.29, 0.717) is 5.89 Å². The van der Waals surface area contributed by atoms with Gasteiger partial charge in [-0.15, -0.1) is 0 Å². The molecule has 0 spiro atoms. The molecule has 1 saturated heterocycles. The second kappa shape index (κ2) is 4.71. The Bertz CT molecular complexity index is 456. The van der Waals surface area contributed by atoms with Gasteiger partial charge < -0.3 is 15.1 Å². The van der Waals surface area contributed by atoms with Gasteiger partial charge >= 0.3 is 0 Å². The summed E-state index contributed by atoms with van der Waals surface area (Å²) in [4.78, 5) is 16.0. The molecule has 5 nitrogen and oxygen atoms in total. The lowest BCUT2D eigenvalue weighted by molar-refractivity contribution is -0.118. The second-order valence-corrected chi connectivity index (χ2v) is 4.34. The number of nitrogens with one attached hydrogen (secondary N) is 2. The Balaban J connectivity index is 1.99. The van der Waals surface area contributed by atoms with Crippen LogP contribution in [0.3, 0.4) is 0 Å². The maximum atomic E-state index is 11.9. The first-order chi connectivity index (χ1) is 8.08. The minimum absolute atomic E-state index is 0.0511. The van der Waals surface area contributed by atoms with E-state index in [2.05, 4.69) is 15.6 Å². The van der Waals surface area contributed by atoms with Crippen molar-refractivity contribution in [3.8, 4) is 0 Å². The van der Waals surface area contributed by atoms with Crippen LogP contribution in [0.1, 0.15) is 31.5 Å². The van der Waals surface area contributed by atoms with Gasteiger partial charge in [0, 0.05) is 18.7 Å². The van der Waals surface area contributed by atoms with E-state index in [0.717, 1.165) is 24.4 Å². The van der Waals surface area contributed by atoms with E-state index in [1.54, 1.807) is 6.20 Å². The van der Waals surface area contributed by atoms with E-state index < -0.39 is 0 Å². The fourth-order valence-corrected chi connectivity index (χ4v) is 1.61. The highest BCUT2D eigenvalue weighted by Gasteiger charge is 2.19. The highest BCUT2D eigenvalue weighted by molar-refractivity contribution is 5.94. The summed E-state index contributed by atoms with van der Waals surface area (Å²) in [5.74, 6) is 1.24. The van der Waals surface area contributed by atoms with Gasteiger partial charge in [0.1, 0.15) is 11.8 Å². The second-order valence-electron chi connectivity index (χ2n) is 4.34. The fourth-order valence-electron chi connectivity index (χ4n) is 1.61. The summed E-state index contributed by atoms with van der Waals surface area (Å²) in [5.41, 5.74) is 1.96. The SMILES string of the molecule is CC(C(=O)NC(C)c1ncc(C)o1)=C1CNC1. The zero-order valence-corrected chi connectivity index (χ0v) is 10.3. The molecule has 5 heteroatoms. The highest BCUT2D eigenvalue weighted by Crippen LogP contribution is 2.14. The first-order valence-corrected chi connectivity index (χ1v) is 5.70. The Morgan fingerprint density at radius 1 is 1.59 bits per heavy atom. The third-order valence-corrected chi connectivity index (χ3v) is 2.90. The maximum absolute atomic E-state index is 11.9. The van der Waals surface area contributed by atoms with Crippen molar-refractivity contribution < 1.29 is 9.21 Å². The van der Waals surface area contributed by atoms with Crippen LogP contribution in [0.5, 0.6) is 0 Å². The fraction of sp³-hybridized carbons (Fsp3) is 0.500. The lowest BCUT2D eigenvalue weighted by Gasteiger charge is -2.22. The third-order valence-electron chi connectivity index (χ3n) is 2.90. The average Bonchev–Trinajstić information content (AvgIpc) is 2.62. The summed E-state index contributed by atoms with van der Waals surface area (Å²) in [6, 6.07) is -0.209. The number of aryl methyl sites for hydroxylation is 1. The van der Waals surface area contributed by atoms with Crippen molar-refractivity contribution in [2.24, 2.45) is 0 Å². The minimum atomic E-state index is -0.209. The van der Waals surface area contributed by atoms with Gasteiger partial charge in [0.2, 0.25) is 11.8 Å². The van der Waals surface area contributed by atoms with Crippen LogP contribution in [0.4, 0.5) is 0 Å². The van der Waals surface area contributed by atoms with E-state index >= 15 is 0 Å². The molecule has 1 aliphatic rings. The van der Waals surface area contributed by atoms with Crippen molar-refractivity contribution in [3.05, 3.63) is 29.0 Å². The van der Waals surface area contributed by atoms with E-state index in [-0.39, 0.29) is 11.9 Å². The number of rotatable bonds is 3. The molecule has 2 rings (SSSR count). The van der Waals surface area contributed by atoms with Gasteiger partial charge in [-0.1, -0.05) is 0 Å². The summed E-state index contributed by atoms with van der Waals surface area (Å²) in [5, 5.41) is 5.99. The van der Waals surface area contributed by atoms with Crippen LogP contribution in [0.25, 0.3) is 0 Å². The summed E-state index contributed by atoms with van der Waals surface area (Å²) in [7, 11) is 0. The van der Waals surface area contributed by atoms with Crippen LogP contribution in [0.2, 0.25) is 0 Å². The number of carbonyl (C=O) groups is 1. The summed E-state index contributed by atoms with van der Waals surface area (Å²) < 4.78 is 5.37. The molecule has 1 aromatic rings. The van der Waals surface area contributed by atoms with Crippen molar-refractivity contribution in [3.63, 3.8) is 0 Å². The monoisotopic (exact) mass is 235 g/mol. The average molecular weight is 235 g/mol. The first kappa shape index (κ1) is 11.9. The molecule has 0 bridgehead atoms. The molecule has 1 fully saturated rings. The predicted octanol–water partition coefficient (Wildman–Crippen LogP) is 1.08. The summed E-state index contributed by atoms with van der Waals surface area (Å²) in [6.07, 6.45) is 1.65. The van der Waals surface area contributed by atoms with Gasteiger partial charge in [0.15, 0.2) is 0 Å². The molecule has 1 amide bonds. The van der Waals surface area contributed by atoms with Gasteiger partial charge in [0.25, 0.3) is 0 Å². The van der Waals surface area contributed by atoms with E-state index in [9.17, 15) is 4.79 Å². The standard InChI is InChI=1S/C12H17N3O2/c1-7-4-14-12(17-7)9(3)15-11(16)8(2)10-5-13-6-10/h4,9,13H,5-6H2,1-3H3,(H,15,16). The van der Waals surface area contributed by atoms with E-state index in [1.807, 2.05) is 20.8 Å². The topological polar surface area (TPSA) is 67.2 Å². The van der Waals surface area contributed by atoms with Crippen molar-refractivity contribution in [1.82, 2.24) is 15.6 Å². The normalized spacial score (nSPS) is 16.3. The molecule has 0 radical (unpaired) electrons. The van der Waals surface area contributed by atoms with Crippen molar-refractivity contribution in [1.29, 1.82) is 0 Å². The van der Waals surface area contributed by atoms with Crippen LogP contribution in [-0.2, 0) is 4.79 Å². The molecule has 1 atom stereocenters. The molecule has 0 aromatic carbocycles. The molecule has 1 aliphatic heterocycles. The Kier molecular flexibility index (Phi) is 3.28. The van der Waals surface area contributed by atoms with Crippen LogP contribution in [0.15, 0.2) is 21.8 Å². The molecule has 0 saturated carbocycles. The molecule has 0 aliphatic carbocycles. The first-order valence-electron chi connectivity index (χ1n) is 5.70. The van der Waals surface area contributed by atoms with Gasteiger partial charge in [-0.05, 0) is 26.3 Å². The van der Waals surface area contributed by atoms with Crippen LogP contribution in [0, 0.1) is 6.92 Å². The van der Waals surface area contributed by atoms with Crippen molar-refractivity contribution >= 4 is 5.91 Å². The van der Waals surface area contributed by atoms with Gasteiger partial charge in [-0.25, -0.2) is 4.98 Å². The Morgan fingerprint density at radius 3 is 2.76 bits per heavy atom. The number of aromatic nitrogens is 1. The van der Waals surface area contributed by atoms with Crippen molar-refractivity contribution in [2.45, 2.75) is 26.8 Å². The molecular weight excluding hydrogens is 218 g/mol. The minimum Gasteiger partial charge on any atom is -0.444 e. The van der Waals surface area contributed by atoms with Crippen LogP contribution >= 0.6 is 0 Å². The number of nitrogens with zero attached hydrogens (tertiary/aromatic N) is 1. The van der Waals surface area contributed by atoms with Crippen molar-refractivity contribution in [2.75, 3.05) is 13.1 Å². The molecule has 17 heavy (non-hydrogen) atoms. The lowest BCUT2D eigenvalue weighted by Crippen LogP contribution is -2.38. The zero-order valence-electron chi connectivity index (χ0n) is 10.3. The number of hydrogen-bond donors (Lipinski definition) is 2. The molecule has 2 heterocycles. The Morgan fingerprint density at radius 2 is 2.29 bits per heavy atom. The maximum Gasteiger partial charge on any atom is 0.247 e. The van der Waals surface area contributed by atoms with Gasteiger partial charge in [0.05, 0.1) is 6.20 Å². The predicted molar refractivity (Wildman–Crippen MR) is 63.4 cm³/mol. The number of carbonyl (C=O) groups excluding carboxylic acids is 1. The Hall–Kier alpha value is -1.62. The third kappa shape index (κ3) is 2.55. The molecular formula is C12H17N3O2. The largest absolute Gasteiger partial charge is 0.444 e. The molecule has 2 N–H and O–H groups in total. The molecule has 92 valence electrons. The number of amides is 1. The Labute approximate surface area is 100 Å².